The number of aromatic nitrogens is 1. The Kier molecular flexibility index (Phi) is 3.37. The second-order valence-corrected chi connectivity index (χ2v) is 5.39. The van der Waals surface area contributed by atoms with Crippen LogP contribution in [0, 0.1) is 13.8 Å². The maximum absolute atomic E-state index is 11.8. The van der Waals surface area contributed by atoms with Crippen LogP contribution in [0.5, 0.6) is 5.75 Å². The highest BCUT2D eigenvalue weighted by atomic mass is 16.5. The summed E-state index contributed by atoms with van der Waals surface area (Å²) in [6.45, 7) is 4.05. The Bertz CT molecular complexity index is 877. The van der Waals surface area contributed by atoms with Crippen LogP contribution in [0.4, 0.5) is 0 Å². The minimum Gasteiger partial charge on any atom is -0.497 e. The van der Waals surface area contributed by atoms with Gasteiger partial charge in [0, 0.05) is 10.9 Å². The molecule has 0 aliphatic heterocycles. The number of ether oxygens (including phenoxy) is 1. The van der Waals surface area contributed by atoms with Gasteiger partial charge in [-0.05, 0) is 54.8 Å². The van der Waals surface area contributed by atoms with Gasteiger partial charge >= 0.3 is 5.97 Å². The number of nitrogens with one attached hydrogen (secondary N) is 1. The highest BCUT2D eigenvalue weighted by Gasteiger charge is 2.19. The number of hydrogen-bond acceptors (Lipinski definition) is 2. The van der Waals surface area contributed by atoms with E-state index < -0.39 is 5.97 Å². The molecule has 3 aromatic rings. The number of hydrogen-bond donors (Lipinski definition) is 2. The molecule has 0 atom stereocenters. The van der Waals surface area contributed by atoms with Gasteiger partial charge in [0.25, 0.3) is 0 Å². The van der Waals surface area contributed by atoms with Gasteiger partial charge in [0.2, 0.25) is 0 Å². The molecule has 0 aliphatic carbocycles. The molecule has 0 aliphatic rings. The maximum Gasteiger partial charge on any atom is 0.338 e. The van der Waals surface area contributed by atoms with Crippen LogP contribution in [0.15, 0.2) is 36.4 Å². The molecule has 22 heavy (non-hydrogen) atoms. The number of carbonyl (C=O) groups is 1. The van der Waals surface area contributed by atoms with Gasteiger partial charge in [0.15, 0.2) is 0 Å². The molecule has 0 radical (unpaired) electrons. The van der Waals surface area contributed by atoms with E-state index in [1.807, 2.05) is 44.2 Å². The summed E-state index contributed by atoms with van der Waals surface area (Å²) in [5, 5.41) is 10.3. The smallest absolute Gasteiger partial charge is 0.338 e. The fourth-order valence-corrected chi connectivity index (χ4v) is 2.63. The van der Waals surface area contributed by atoms with Crippen molar-refractivity contribution >= 4 is 16.9 Å². The zero-order valence-corrected chi connectivity index (χ0v) is 12.7. The molecule has 3 rings (SSSR count). The molecule has 1 aromatic heterocycles. The standard InChI is InChI=1S/C18H17NO3/c1-10-4-5-12(8-11(10)2)17-16(18(20)21)14-9-13(22-3)6-7-15(14)19-17/h4-9,19H,1-3H3,(H,20,21). The normalized spacial score (nSPS) is 10.9. The largest absolute Gasteiger partial charge is 0.497 e. The average Bonchev–Trinajstić information content (AvgIpc) is 2.88. The first kappa shape index (κ1) is 14.2. The molecule has 0 spiro atoms. The van der Waals surface area contributed by atoms with Crippen molar-refractivity contribution in [3.8, 4) is 17.0 Å². The van der Waals surface area contributed by atoms with Gasteiger partial charge in [-0.1, -0.05) is 12.1 Å². The molecule has 0 saturated heterocycles. The number of carboxylic acid groups (broad SMARTS) is 1. The molecule has 0 amide bonds. The molecule has 4 nitrogen and oxygen atoms in total. The van der Waals surface area contributed by atoms with Crippen LogP contribution in [0.25, 0.3) is 22.2 Å². The average molecular weight is 295 g/mol. The third kappa shape index (κ3) is 2.22. The van der Waals surface area contributed by atoms with Gasteiger partial charge in [-0.3, -0.25) is 0 Å². The quantitative estimate of drug-likeness (QED) is 0.762. The van der Waals surface area contributed by atoms with Crippen molar-refractivity contribution in [2.24, 2.45) is 0 Å². The second kappa shape index (κ2) is 5.22. The van der Waals surface area contributed by atoms with Crippen molar-refractivity contribution in [3.05, 3.63) is 53.1 Å². The maximum atomic E-state index is 11.8. The monoisotopic (exact) mass is 295 g/mol. The van der Waals surface area contributed by atoms with E-state index >= 15 is 0 Å². The molecule has 2 aromatic carbocycles. The van der Waals surface area contributed by atoms with Crippen molar-refractivity contribution in [1.29, 1.82) is 0 Å². The third-order valence-corrected chi connectivity index (χ3v) is 4.02. The predicted octanol–water partition coefficient (Wildman–Crippen LogP) is 4.16. The molecule has 0 saturated carbocycles. The SMILES string of the molecule is COc1ccc2[nH]c(-c3ccc(C)c(C)c3)c(C(=O)O)c2c1. The summed E-state index contributed by atoms with van der Waals surface area (Å²) < 4.78 is 5.20. The Balaban J connectivity index is 2.30. The van der Waals surface area contributed by atoms with Crippen LogP contribution in [-0.4, -0.2) is 23.2 Å². The van der Waals surface area contributed by atoms with E-state index in [4.69, 9.17) is 4.74 Å². The molecule has 112 valence electrons. The number of rotatable bonds is 3. The number of aromatic amines is 1. The van der Waals surface area contributed by atoms with Crippen LogP contribution >= 0.6 is 0 Å². The number of H-pyrrole nitrogens is 1. The fourth-order valence-electron chi connectivity index (χ4n) is 2.63. The summed E-state index contributed by atoms with van der Waals surface area (Å²) in [5.74, 6) is -0.312. The highest BCUT2D eigenvalue weighted by Crippen LogP contribution is 2.33. The van der Waals surface area contributed by atoms with E-state index in [9.17, 15) is 9.90 Å². The van der Waals surface area contributed by atoms with E-state index in [-0.39, 0.29) is 5.56 Å². The lowest BCUT2D eigenvalue weighted by molar-refractivity contribution is 0.0700. The van der Waals surface area contributed by atoms with E-state index in [0.717, 1.165) is 16.6 Å². The first-order valence-electron chi connectivity index (χ1n) is 7.02. The lowest BCUT2D eigenvalue weighted by Gasteiger charge is -2.05. The minimum atomic E-state index is -0.951. The Morgan fingerprint density at radius 1 is 1.09 bits per heavy atom. The predicted molar refractivity (Wildman–Crippen MR) is 86.7 cm³/mol. The summed E-state index contributed by atoms with van der Waals surface area (Å²) in [6.07, 6.45) is 0. The molecule has 4 heteroatoms. The number of carboxylic acids is 1. The molecule has 2 N–H and O–H groups in total. The second-order valence-electron chi connectivity index (χ2n) is 5.39. The van der Waals surface area contributed by atoms with Crippen LogP contribution in [0.1, 0.15) is 21.5 Å². The number of methoxy groups -OCH3 is 1. The van der Waals surface area contributed by atoms with E-state index in [1.54, 1.807) is 13.2 Å². The van der Waals surface area contributed by atoms with Crippen LogP contribution in [-0.2, 0) is 0 Å². The lowest BCUT2D eigenvalue weighted by atomic mass is 10.0. The topological polar surface area (TPSA) is 62.3 Å². The zero-order valence-electron chi connectivity index (χ0n) is 12.7. The number of aryl methyl sites for hydroxylation is 2. The molecular formula is C18H17NO3. The van der Waals surface area contributed by atoms with Crippen molar-refractivity contribution in [1.82, 2.24) is 4.98 Å². The van der Waals surface area contributed by atoms with Crippen molar-refractivity contribution < 1.29 is 14.6 Å². The van der Waals surface area contributed by atoms with Crippen molar-refractivity contribution in [2.75, 3.05) is 7.11 Å². The molecular weight excluding hydrogens is 278 g/mol. The van der Waals surface area contributed by atoms with E-state index in [2.05, 4.69) is 4.98 Å². The van der Waals surface area contributed by atoms with Crippen LogP contribution in [0.3, 0.4) is 0 Å². The fraction of sp³-hybridized carbons (Fsp3) is 0.167. The number of benzene rings is 2. The van der Waals surface area contributed by atoms with Gasteiger partial charge in [-0.25, -0.2) is 4.79 Å². The summed E-state index contributed by atoms with van der Waals surface area (Å²) >= 11 is 0. The molecule has 0 fully saturated rings. The van der Waals surface area contributed by atoms with E-state index in [0.29, 0.717) is 16.8 Å². The number of aromatic carboxylic acids is 1. The molecule has 0 unspecified atom stereocenters. The summed E-state index contributed by atoms with van der Waals surface area (Å²) in [7, 11) is 1.57. The minimum absolute atomic E-state index is 0.275. The molecule has 1 heterocycles. The first-order valence-corrected chi connectivity index (χ1v) is 7.02. The van der Waals surface area contributed by atoms with Gasteiger partial charge in [0.1, 0.15) is 5.75 Å². The van der Waals surface area contributed by atoms with Gasteiger partial charge in [-0.15, -0.1) is 0 Å². The Morgan fingerprint density at radius 3 is 2.50 bits per heavy atom. The van der Waals surface area contributed by atoms with Gasteiger partial charge in [-0.2, -0.15) is 0 Å². The highest BCUT2D eigenvalue weighted by molar-refractivity contribution is 6.09. The Labute approximate surface area is 128 Å². The summed E-state index contributed by atoms with van der Waals surface area (Å²) in [5.41, 5.74) is 4.86. The van der Waals surface area contributed by atoms with Gasteiger partial charge in [0.05, 0.1) is 18.4 Å². The lowest BCUT2D eigenvalue weighted by Crippen LogP contribution is -1.98. The van der Waals surface area contributed by atoms with E-state index in [1.165, 1.54) is 5.56 Å². The number of fused-ring (bicyclic) bond motifs is 1. The molecule has 0 bridgehead atoms. The van der Waals surface area contributed by atoms with Crippen molar-refractivity contribution in [2.45, 2.75) is 13.8 Å². The zero-order chi connectivity index (χ0) is 15.9. The van der Waals surface area contributed by atoms with Gasteiger partial charge < -0.3 is 14.8 Å². The third-order valence-electron chi connectivity index (χ3n) is 4.02. The van der Waals surface area contributed by atoms with Crippen LogP contribution in [0.2, 0.25) is 0 Å². The Hall–Kier alpha value is -2.75. The Morgan fingerprint density at radius 2 is 1.86 bits per heavy atom. The van der Waals surface area contributed by atoms with Crippen molar-refractivity contribution in [3.63, 3.8) is 0 Å². The first-order chi connectivity index (χ1) is 10.5. The van der Waals surface area contributed by atoms with Crippen LogP contribution < -0.4 is 4.74 Å². The summed E-state index contributed by atoms with van der Waals surface area (Å²) in [4.78, 5) is 15.0. The summed E-state index contributed by atoms with van der Waals surface area (Å²) in [6, 6.07) is 11.3.